The van der Waals surface area contributed by atoms with E-state index in [0.29, 0.717) is 34.5 Å². The van der Waals surface area contributed by atoms with E-state index in [1.54, 1.807) is 18.2 Å². The summed E-state index contributed by atoms with van der Waals surface area (Å²) in [4.78, 5) is 0.294. The molecule has 0 aliphatic carbocycles. The molecule has 2 aromatic rings. The summed E-state index contributed by atoms with van der Waals surface area (Å²) in [6.45, 7) is 1.08. The van der Waals surface area contributed by atoms with Crippen LogP contribution in [0.3, 0.4) is 0 Å². The first-order chi connectivity index (χ1) is 10.2. The number of para-hydroxylation sites is 1. The summed E-state index contributed by atoms with van der Waals surface area (Å²) in [6, 6.07) is 14.9. The van der Waals surface area contributed by atoms with Crippen LogP contribution < -0.4 is 15.2 Å². The third-order valence-electron chi connectivity index (χ3n) is 2.77. The van der Waals surface area contributed by atoms with Gasteiger partial charge in [-0.05, 0) is 30.3 Å². The Balaban J connectivity index is 1.81. The number of ether oxygens (including phenoxy) is 2. The second-order valence-corrected chi connectivity index (χ2v) is 5.24. The molecular formula is C16H16ClNO2S. The van der Waals surface area contributed by atoms with Crippen LogP contribution in [-0.4, -0.2) is 18.2 Å². The van der Waals surface area contributed by atoms with E-state index < -0.39 is 0 Å². The minimum Gasteiger partial charge on any atom is -0.493 e. The van der Waals surface area contributed by atoms with Gasteiger partial charge < -0.3 is 15.2 Å². The molecule has 0 heterocycles. The van der Waals surface area contributed by atoms with Crippen LogP contribution in [0.2, 0.25) is 5.02 Å². The van der Waals surface area contributed by atoms with E-state index in [-0.39, 0.29) is 0 Å². The van der Waals surface area contributed by atoms with Gasteiger partial charge in [-0.25, -0.2) is 0 Å². The highest BCUT2D eigenvalue weighted by Crippen LogP contribution is 2.23. The molecule has 0 unspecified atom stereocenters. The largest absolute Gasteiger partial charge is 0.493 e. The van der Waals surface area contributed by atoms with Gasteiger partial charge in [-0.15, -0.1) is 0 Å². The Morgan fingerprint density at radius 2 is 1.76 bits per heavy atom. The van der Waals surface area contributed by atoms with Crippen LogP contribution >= 0.6 is 23.8 Å². The Bertz CT molecular complexity index is 604. The Morgan fingerprint density at radius 3 is 2.48 bits per heavy atom. The topological polar surface area (TPSA) is 44.5 Å². The third kappa shape index (κ3) is 4.92. The summed E-state index contributed by atoms with van der Waals surface area (Å²) in [7, 11) is 0. The maximum Gasteiger partial charge on any atom is 0.130 e. The van der Waals surface area contributed by atoms with E-state index in [9.17, 15) is 0 Å². The van der Waals surface area contributed by atoms with Crippen molar-refractivity contribution in [3.63, 3.8) is 0 Å². The van der Waals surface area contributed by atoms with Gasteiger partial charge in [-0.3, -0.25) is 0 Å². The van der Waals surface area contributed by atoms with Crippen molar-refractivity contribution in [1.82, 2.24) is 0 Å². The van der Waals surface area contributed by atoms with Crippen molar-refractivity contribution >= 4 is 28.8 Å². The predicted molar refractivity (Wildman–Crippen MR) is 89.4 cm³/mol. The molecule has 0 bridgehead atoms. The Kier molecular flexibility index (Phi) is 5.84. The van der Waals surface area contributed by atoms with Crippen molar-refractivity contribution in [3.8, 4) is 11.5 Å². The average Bonchev–Trinajstić information content (AvgIpc) is 2.48. The van der Waals surface area contributed by atoms with Crippen LogP contribution in [0.1, 0.15) is 12.0 Å². The Morgan fingerprint density at radius 1 is 1.05 bits per heavy atom. The van der Waals surface area contributed by atoms with Gasteiger partial charge in [0.15, 0.2) is 0 Å². The van der Waals surface area contributed by atoms with Crippen molar-refractivity contribution in [2.24, 2.45) is 5.73 Å². The van der Waals surface area contributed by atoms with Gasteiger partial charge in [0.25, 0.3) is 0 Å². The number of thiocarbonyl (C=S) groups is 1. The van der Waals surface area contributed by atoms with Gasteiger partial charge in [0.1, 0.15) is 16.5 Å². The third-order valence-corrected chi connectivity index (χ3v) is 3.22. The fraction of sp³-hybridized carbons (Fsp3) is 0.188. The second kappa shape index (κ2) is 7.86. The highest BCUT2D eigenvalue weighted by molar-refractivity contribution is 7.80. The SMILES string of the molecule is NC(=S)c1ccc(Cl)cc1OCCCOc1ccccc1. The van der Waals surface area contributed by atoms with E-state index in [0.717, 1.165) is 12.2 Å². The number of hydrogen-bond acceptors (Lipinski definition) is 3. The number of halogens is 1. The van der Waals surface area contributed by atoms with Crippen LogP contribution in [0, 0.1) is 0 Å². The standard InChI is InChI=1S/C16H16ClNO2S/c17-12-7-8-14(16(18)21)15(11-12)20-10-4-9-19-13-5-2-1-3-6-13/h1-3,5-8,11H,4,9-10H2,(H2,18,21). The molecule has 0 aliphatic heterocycles. The van der Waals surface area contributed by atoms with Gasteiger partial charge in [0, 0.05) is 11.4 Å². The molecule has 0 radical (unpaired) electrons. The van der Waals surface area contributed by atoms with Crippen molar-refractivity contribution < 1.29 is 9.47 Å². The molecule has 3 nitrogen and oxygen atoms in total. The summed E-state index contributed by atoms with van der Waals surface area (Å²) in [5.41, 5.74) is 6.35. The number of rotatable bonds is 7. The van der Waals surface area contributed by atoms with Crippen LogP contribution in [0.5, 0.6) is 11.5 Å². The zero-order valence-electron chi connectivity index (χ0n) is 11.4. The van der Waals surface area contributed by atoms with Crippen molar-refractivity contribution in [3.05, 3.63) is 59.1 Å². The Hall–Kier alpha value is -1.78. The minimum atomic E-state index is 0.294. The minimum absolute atomic E-state index is 0.294. The Labute approximate surface area is 134 Å². The van der Waals surface area contributed by atoms with E-state index in [1.165, 1.54) is 0 Å². The van der Waals surface area contributed by atoms with Crippen molar-refractivity contribution in [2.45, 2.75) is 6.42 Å². The van der Waals surface area contributed by atoms with E-state index in [2.05, 4.69) is 0 Å². The first kappa shape index (κ1) is 15.6. The van der Waals surface area contributed by atoms with Crippen molar-refractivity contribution in [2.75, 3.05) is 13.2 Å². The fourth-order valence-electron chi connectivity index (χ4n) is 1.77. The molecule has 2 aromatic carbocycles. The molecule has 0 fully saturated rings. The smallest absolute Gasteiger partial charge is 0.130 e. The molecule has 0 spiro atoms. The lowest BCUT2D eigenvalue weighted by atomic mass is 10.2. The molecule has 2 N–H and O–H groups in total. The molecule has 110 valence electrons. The normalized spacial score (nSPS) is 10.1. The zero-order valence-corrected chi connectivity index (χ0v) is 13.0. The van der Waals surface area contributed by atoms with Gasteiger partial charge in [-0.2, -0.15) is 0 Å². The highest BCUT2D eigenvalue weighted by atomic mass is 35.5. The predicted octanol–water partition coefficient (Wildman–Crippen LogP) is 3.82. The van der Waals surface area contributed by atoms with Gasteiger partial charge >= 0.3 is 0 Å². The molecule has 0 aliphatic rings. The van der Waals surface area contributed by atoms with E-state index in [1.807, 2.05) is 30.3 Å². The molecule has 0 atom stereocenters. The summed E-state index contributed by atoms with van der Waals surface area (Å²) in [6.07, 6.45) is 0.748. The first-order valence-electron chi connectivity index (χ1n) is 6.57. The first-order valence-corrected chi connectivity index (χ1v) is 7.35. The van der Waals surface area contributed by atoms with E-state index >= 15 is 0 Å². The zero-order chi connectivity index (χ0) is 15.1. The monoisotopic (exact) mass is 321 g/mol. The van der Waals surface area contributed by atoms with Gasteiger partial charge in [0.05, 0.1) is 18.8 Å². The van der Waals surface area contributed by atoms with Crippen LogP contribution in [0.25, 0.3) is 0 Å². The number of benzene rings is 2. The van der Waals surface area contributed by atoms with Crippen LogP contribution in [0.15, 0.2) is 48.5 Å². The van der Waals surface area contributed by atoms with Crippen LogP contribution in [-0.2, 0) is 0 Å². The highest BCUT2D eigenvalue weighted by Gasteiger charge is 2.07. The summed E-state index contributed by atoms with van der Waals surface area (Å²) in [5.74, 6) is 1.46. The molecule has 2 rings (SSSR count). The maximum atomic E-state index is 5.95. The summed E-state index contributed by atoms with van der Waals surface area (Å²) >= 11 is 10.9. The lowest BCUT2D eigenvalue weighted by Crippen LogP contribution is -2.13. The quantitative estimate of drug-likeness (QED) is 0.622. The van der Waals surface area contributed by atoms with Gasteiger partial charge in [-0.1, -0.05) is 42.0 Å². The molecule has 0 amide bonds. The molecule has 0 aromatic heterocycles. The average molecular weight is 322 g/mol. The summed E-state index contributed by atoms with van der Waals surface area (Å²) < 4.78 is 11.3. The van der Waals surface area contributed by atoms with Gasteiger partial charge in [0.2, 0.25) is 0 Å². The molecule has 0 saturated heterocycles. The fourth-order valence-corrected chi connectivity index (χ4v) is 2.10. The molecule has 0 saturated carbocycles. The molecule has 5 heteroatoms. The lowest BCUT2D eigenvalue weighted by molar-refractivity contribution is 0.247. The number of hydrogen-bond donors (Lipinski definition) is 1. The molecule has 21 heavy (non-hydrogen) atoms. The summed E-state index contributed by atoms with van der Waals surface area (Å²) in [5, 5.41) is 0.588. The maximum absolute atomic E-state index is 5.95. The van der Waals surface area contributed by atoms with Crippen molar-refractivity contribution in [1.29, 1.82) is 0 Å². The second-order valence-electron chi connectivity index (χ2n) is 4.37. The molecular weight excluding hydrogens is 306 g/mol. The lowest BCUT2D eigenvalue weighted by Gasteiger charge is -2.11. The van der Waals surface area contributed by atoms with Crippen LogP contribution in [0.4, 0.5) is 0 Å². The number of nitrogens with two attached hydrogens (primary N) is 1. The van der Waals surface area contributed by atoms with E-state index in [4.69, 9.17) is 39.0 Å².